The number of hydrogen-bond donors (Lipinski definition) is 0. The fourth-order valence-electron chi connectivity index (χ4n) is 3.11. The molecule has 0 radical (unpaired) electrons. The van der Waals surface area contributed by atoms with Crippen LogP contribution in [0.3, 0.4) is 0 Å². The second kappa shape index (κ2) is 9.20. The van der Waals surface area contributed by atoms with E-state index < -0.39 is 11.7 Å². The molecule has 3 rings (SSSR count). The molecule has 0 aliphatic carbocycles. The van der Waals surface area contributed by atoms with E-state index in [9.17, 15) is 9.18 Å². The fourth-order valence-corrected chi connectivity index (χ4v) is 3.35. The van der Waals surface area contributed by atoms with Crippen LogP contribution in [-0.2, 0) is 4.74 Å². The van der Waals surface area contributed by atoms with E-state index in [-0.39, 0.29) is 16.7 Å². The predicted molar refractivity (Wildman–Crippen MR) is 103 cm³/mol. The van der Waals surface area contributed by atoms with E-state index in [4.69, 9.17) is 21.1 Å². The Morgan fingerprint density at radius 2 is 2.07 bits per heavy atom. The quantitative estimate of drug-likeness (QED) is 0.698. The second-order valence-corrected chi connectivity index (χ2v) is 6.98. The first-order valence-corrected chi connectivity index (χ1v) is 9.47. The van der Waals surface area contributed by atoms with Crippen LogP contribution in [-0.4, -0.2) is 43.2 Å². The monoisotopic (exact) mass is 391 g/mol. The van der Waals surface area contributed by atoms with Gasteiger partial charge in [0.05, 0.1) is 23.2 Å². The fraction of sp³-hybridized carbons (Fsp3) is 0.381. The summed E-state index contributed by atoms with van der Waals surface area (Å²) < 4.78 is 25.7. The van der Waals surface area contributed by atoms with Gasteiger partial charge in [-0.2, -0.15) is 0 Å². The van der Waals surface area contributed by atoms with Crippen molar-refractivity contribution in [2.24, 2.45) is 0 Å². The number of halogens is 2. The lowest BCUT2D eigenvalue weighted by Crippen LogP contribution is -2.40. The number of nitrogens with zero attached hydrogens (tertiary/aromatic N) is 1. The Hall–Kier alpha value is -2.11. The molecule has 4 nitrogen and oxygen atoms in total. The molecule has 0 bridgehead atoms. The van der Waals surface area contributed by atoms with Crippen LogP contribution >= 0.6 is 11.6 Å². The Kier molecular flexibility index (Phi) is 6.69. The molecule has 144 valence electrons. The topological polar surface area (TPSA) is 38.8 Å². The minimum absolute atomic E-state index is 0.0441. The third-order valence-electron chi connectivity index (χ3n) is 4.61. The first-order valence-electron chi connectivity index (χ1n) is 9.09. The molecule has 1 amide bonds. The van der Waals surface area contributed by atoms with Gasteiger partial charge in [0, 0.05) is 13.2 Å². The third-order valence-corrected chi connectivity index (χ3v) is 5.09. The molecule has 0 N–H and O–H groups in total. The summed E-state index contributed by atoms with van der Waals surface area (Å²) >= 11 is 6.23. The van der Waals surface area contributed by atoms with Crippen LogP contribution in [0, 0.1) is 12.7 Å². The van der Waals surface area contributed by atoms with Gasteiger partial charge in [-0.1, -0.05) is 35.9 Å². The summed E-state index contributed by atoms with van der Waals surface area (Å²) in [7, 11) is 0. The summed E-state index contributed by atoms with van der Waals surface area (Å²) in [5.74, 6) is -0.327. The summed E-state index contributed by atoms with van der Waals surface area (Å²) in [4.78, 5) is 14.6. The summed E-state index contributed by atoms with van der Waals surface area (Å²) in [6.45, 7) is 3.44. The lowest BCUT2D eigenvalue weighted by molar-refractivity contribution is 0.0490. The van der Waals surface area contributed by atoms with Gasteiger partial charge < -0.3 is 14.4 Å². The number of hydrogen-bond acceptors (Lipinski definition) is 3. The van der Waals surface area contributed by atoms with E-state index in [1.54, 1.807) is 17.9 Å². The predicted octanol–water partition coefficient (Wildman–Crippen LogP) is 4.49. The molecule has 27 heavy (non-hydrogen) atoms. The molecule has 6 heteroatoms. The Balaban J connectivity index is 1.74. The molecule has 0 spiro atoms. The first-order chi connectivity index (χ1) is 13.1. The maximum absolute atomic E-state index is 14.3. The molecule has 1 fully saturated rings. The molecule has 1 saturated heterocycles. The maximum atomic E-state index is 14.3. The van der Waals surface area contributed by atoms with Gasteiger partial charge in [0.2, 0.25) is 0 Å². The van der Waals surface area contributed by atoms with Crippen molar-refractivity contribution < 1.29 is 18.7 Å². The maximum Gasteiger partial charge on any atom is 0.258 e. The van der Waals surface area contributed by atoms with Crippen molar-refractivity contribution in [1.29, 1.82) is 0 Å². The third kappa shape index (κ3) is 4.99. The van der Waals surface area contributed by atoms with Crippen molar-refractivity contribution in [3.63, 3.8) is 0 Å². The van der Waals surface area contributed by atoms with Crippen LogP contribution in [0.1, 0.15) is 28.8 Å². The molecular formula is C21H23ClFNO3. The lowest BCUT2D eigenvalue weighted by Gasteiger charge is -2.26. The van der Waals surface area contributed by atoms with E-state index in [1.807, 2.05) is 30.3 Å². The van der Waals surface area contributed by atoms with Crippen LogP contribution < -0.4 is 4.74 Å². The second-order valence-electron chi connectivity index (χ2n) is 6.60. The minimum Gasteiger partial charge on any atom is -0.492 e. The largest absolute Gasteiger partial charge is 0.492 e. The summed E-state index contributed by atoms with van der Waals surface area (Å²) in [6, 6.07) is 12.2. The molecule has 2 aromatic rings. The lowest BCUT2D eigenvalue weighted by atomic mass is 10.1. The number of ether oxygens (including phenoxy) is 2. The van der Waals surface area contributed by atoms with Gasteiger partial charge in [-0.05, 0) is 43.5 Å². The normalized spacial score (nSPS) is 16.3. The Morgan fingerprint density at radius 3 is 2.78 bits per heavy atom. The average Bonchev–Trinajstić information content (AvgIpc) is 3.18. The number of aryl methyl sites for hydroxylation is 1. The van der Waals surface area contributed by atoms with E-state index in [1.165, 1.54) is 6.07 Å². The number of amides is 1. The number of para-hydroxylation sites is 1. The number of rotatable bonds is 7. The van der Waals surface area contributed by atoms with Crippen molar-refractivity contribution in [2.45, 2.75) is 25.9 Å². The molecule has 0 aromatic heterocycles. The molecule has 2 aromatic carbocycles. The number of carbonyl (C=O) groups is 1. The molecule has 1 aliphatic heterocycles. The summed E-state index contributed by atoms with van der Waals surface area (Å²) in [5, 5.41) is 0.154. The van der Waals surface area contributed by atoms with Gasteiger partial charge in [-0.3, -0.25) is 4.79 Å². The van der Waals surface area contributed by atoms with Crippen molar-refractivity contribution in [3.8, 4) is 5.75 Å². The summed E-state index contributed by atoms with van der Waals surface area (Å²) in [5.41, 5.74) is 0.577. The van der Waals surface area contributed by atoms with E-state index >= 15 is 0 Å². The molecule has 1 unspecified atom stereocenters. The van der Waals surface area contributed by atoms with E-state index in [0.717, 1.165) is 18.6 Å². The van der Waals surface area contributed by atoms with Gasteiger partial charge >= 0.3 is 0 Å². The highest BCUT2D eigenvalue weighted by molar-refractivity contribution is 6.34. The smallest absolute Gasteiger partial charge is 0.258 e. The average molecular weight is 392 g/mol. The van der Waals surface area contributed by atoms with Crippen LogP contribution in [0.4, 0.5) is 4.39 Å². The minimum atomic E-state index is -0.614. The zero-order valence-corrected chi connectivity index (χ0v) is 16.0. The molecule has 1 aliphatic rings. The van der Waals surface area contributed by atoms with Gasteiger partial charge in [0.1, 0.15) is 18.2 Å². The zero-order chi connectivity index (χ0) is 19.2. The van der Waals surface area contributed by atoms with E-state index in [2.05, 4.69) is 0 Å². The Labute approximate surface area is 163 Å². The zero-order valence-electron chi connectivity index (χ0n) is 15.3. The summed E-state index contributed by atoms with van der Waals surface area (Å²) in [6.07, 6.45) is 1.80. The highest BCUT2D eigenvalue weighted by atomic mass is 35.5. The van der Waals surface area contributed by atoms with Gasteiger partial charge in [0.25, 0.3) is 5.91 Å². The van der Waals surface area contributed by atoms with Gasteiger partial charge in [-0.15, -0.1) is 0 Å². The van der Waals surface area contributed by atoms with Crippen LogP contribution in [0.2, 0.25) is 5.02 Å². The number of benzene rings is 2. The molecule has 0 saturated carbocycles. The Morgan fingerprint density at radius 1 is 1.30 bits per heavy atom. The number of carbonyl (C=O) groups excluding carboxylic acids is 1. The van der Waals surface area contributed by atoms with Crippen molar-refractivity contribution in [3.05, 3.63) is 64.4 Å². The standard InChI is InChI=1S/C21H23ClFNO3/c1-15-9-10-18(23)19(20(15)22)21(25)24(14-17-8-5-12-26-17)11-13-27-16-6-3-2-4-7-16/h2-4,6-7,9-10,17H,5,8,11-14H2,1H3. The molecular weight excluding hydrogens is 369 g/mol. The van der Waals surface area contributed by atoms with Gasteiger partial charge in [-0.25, -0.2) is 4.39 Å². The van der Waals surface area contributed by atoms with E-state index in [0.29, 0.717) is 31.9 Å². The highest BCUT2D eigenvalue weighted by Crippen LogP contribution is 2.25. The van der Waals surface area contributed by atoms with Crippen LogP contribution in [0.25, 0.3) is 0 Å². The van der Waals surface area contributed by atoms with Crippen LogP contribution in [0.5, 0.6) is 5.75 Å². The van der Waals surface area contributed by atoms with Crippen molar-refractivity contribution in [2.75, 3.05) is 26.3 Å². The van der Waals surface area contributed by atoms with Crippen molar-refractivity contribution >= 4 is 17.5 Å². The highest BCUT2D eigenvalue weighted by Gasteiger charge is 2.27. The van der Waals surface area contributed by atoms with Gasteiger partial charge in [0.15, 0.2) is 0 Å². The van der Waals surface area contributed by atoms with Crippen LogP contribution in [0.15, 0.2) is 42.5 Å². The van der Waals surface area contributed by atoms with Crippen molar-refractivity contribution in [1.82, 2.24) is 4.90 Å². The Bertz CT molecular complexity index is 778. The first kappa shape index (κ1) is 19.6. The molecule has 1 atom stereocenters. The molecule has 1 heterocycles. The SMILES string of the molecule is Cc1ccc(F)c(C(=O)N(CCOc2ccccc2)CC2CCCO2)c1Cl.